The zero-order valence-corrected chi connectivity index (χ0v) is 10.5. The van der Waals surface area contributed by atoms with Gasteiger partial charge in [-0.05, 0) is 26.3 Å². The second-order valence-electron chi connectivity index (χ2n) is 3.94. The predicted molar refractivity (Wildman–Crippen MR) is 69.1 cm³/mol. The second kappa shape index (κ2) is 4.18. The van der Waals surface area contributed by atoms with E-state index in [0.29, 0.717) is 4.64 Å². The van der Waals surface area contributed by atoms with Crippen LogP contribution in [0.2, 0.25) is 0 Å². The molecule has 1 aromatic carbocycles. The Kier molecular flexibility index (Phi) is 2.88. The van der Waals surface area contributed by atoms with Gasteiger partial charge in [0, 0.05) is 11.1 Å². The first-order chi connectivity index (χ1) is 7.59. The Morgan fingerprint density at radius 1 is 1.12 bits per heavy atom. The molecule has 0 saturated carbocycles. The maximum absolute atomic E-state index is 5.24. The van der Waals surface area contributed by atoms with E-state index in [1.807, 2.05) is 26.0 Å². The number of H-pyrrole nitrogens is 1. The SMILES string of the molecule is Cc1nc(=S)c(C)c(-c2ccccc2C)[nH]1. The van der Waals surface area contributed by atoms with Crippen molar-refractivity contribution in [2.75, 3.05) is 0 Å². The van der Waals surface area contributed by atoms with Gasteiger partial charge < -0.3 is 4.98 Å². The van der Waals surface area contributed by atoms with Crippen molar-refractivity contribution in [3.05, 3.63) is 45.9 Å². The lowest BCUT2D eigenvalue weighted by Gasteiger charge is -2.10. The van der Waals surface area contributed by atoms with Crippen LogP contribution in [0.1, 0.15) is 17.0 Å². The van der Waals surface area contributed by atoms with Gasteiger partial charge in [-0.15, -0.1) is 0 Å². The van der Waals surface area contributed by atoms with E-state index in [1.54, 1.807) is 0 Å². The Morgan fingerprint density at radius 3 is 2.50 bits per heavy atom. The van der Waals surface area contributed by atoms with E-state index in [9.17, 15) is 0 Å². The lowest BCUT2D eigenvalue weighted by Crippen LogP contribution is -1.97. The Morgan fingerprint density at radius 2 is 1.81 bits per heavy atom. The number of benzene rings is 1. The van der Waals surface area contributed by atoms with E-state index in [-0.39, 0.29) is 0 Å². The molecule has 1 heterocycles. The van der Waals surface area contributed by atoms with Crippen molar-refractivity contribution >= 4 is 12.2 Å². The van der Waals surface area contributed by atoms with Crippen molar-refractivity contribution in [3.63, 3.8) is 0 Å². The smallest absolute Gasteiger partial charge is 0.133 e. The zero-order valence-electron chi connectivity index (χ0n) is 9.66. The summed E-state index contributed by atoms with van der Waals surface area (Å²) in [6.07, 6.45) is 0. The molecule has 0 atom stereocenters. The third-order valence-corrected chi connectivity index (χ3v) is 3.08. The third kappa shape index (κ3) is 1.91. The van der Waals surface area contributed by atoms with Crippen molar-refractivity contribution in [1.82, 2.24) is 9.97 Å². The van der Waals surface area contributed by atoms with Crippen LogP contribution in [0.5, 0.6) is 0 Å². The van der Waals surface area contributed by atoms with E-state index in [1.165, 1.54) is 11.1 Å². The first kappa shape index (κ1) is 11.0. The van der Waals surface area contributed by atoms with E-state index >= 15 is 0 Å². The van der Waals surface area contributed by atoms with Crippen molar-refractivity contribution in [2.24, 2.45) is 0 Å². The summed E-state index contributed by atoms with van der Waals surface area (Å²) in [6, 6.07) is 8.27. The molecule has 82 valence electrons. The summed E-state index contributed by atoms with van der Waals surface area (Å²) >= 11 is 5.24. The molecule has 0 fully saturated rings. The summed E-state index contributed by atoms with van der Waals surface area (Å²) in [5, 5.41) is 0. The van der Waals surface area contributed by atoms with Gasteiger partial charge in [0.05, 0.1) is 5.69 Å². The van der Waals surface area contributed by atoms with Crippen molar-refractivity contribution in [1.29, 1.82) is 0 Å². The second-order valence-corrected chi connectivity index (χ2v) is 4.33. The van der Waals surface area contributed by atoms with Crippen LogP contribution < -0.4 is 0 Å². The van der Waals surface area contributed by atoms with E-state index in [2.05, 4.69) is 29.0 Å². The minimum absolute atomic E-state index is 0.675. The molecule has 0 aliphatic carbocycles. The maximum Gasteiger partial charge on any atom is 0.133 e. The molecule has 1 aromatic heterocycles. The molecule has 0 aliphatic rings. The lowest BCUT2D eigenvalue weighted by molar-refractivity contribution is 1.02. The van der Waals surface area contributed by atoms with Crippen LogP contribution in [-0.2, 0) is 0 Å². The predicted octanol–water partition coefficient (Wildman–Crippen LogP) is 3.73. The van der Waals surface area contributed by atoms with Gasteiger partial charge in [0.15, 0.2) is 0 Å². The van der Waals surface area contributed by atoms with Crippen LogP contribution >= 0.6 is 12.2 Å². The van der Waals surface area contributed by atoms with Gasteiger partial charge in [-0.1, -0.05) is 36.5 Å². The molecule has 2 aromatic rings. The number of nitrogens with zero attached hydrogens (tertiary/aromatic N) is 1. The Hall–Kier alpha value is -1.48. The lowest BCUT2D eigenvalue weighted by atomic mass is 10.0. The highest BCUT2D eigenvalue weighted by molar-refractivity contribution is 7.71. The van der Waals surface area contributed by atoms with Crippen LogP contribution in [0.3, 0.4) is 0 Å². The topological polar surface area (TPSA) is 28.7 Å². The van der Waals surface area contributed by atoms with Gasteiger partial charge in [0.1, 0.15) is 10.5 Å². The molecule has 2 nitrogen and oxygen atoms in total. The minimum atomic E-state index is 0.675. The highest BCUT2D eigenvalue weighted by atomic mass is 32.1. The van der Waals surface area contributed by atoms with Gasteiger partial charge in [0.2, 0.25) is 0 Å². The normalized spacial score (nSPS) is 10.4. The quantitative estimate of drug-likeness (QED) is 0.756. The molecule has 0 amide bonds. The molecule has 0 saturated heterocycles. The van der Waals surface area contributed by atoms with Gasteiger partial charge >= 0.3 is 0 Å². The monoisotopic (exact) mass is 230 g/mol. The fourth-order valence-electron chi connectivity index (χ4n) is 1.77. The first-order valence-electron chi connectivity index (χ1n) is 5.23. The largest absolute Gasteiger partial charge is 0.343 e. The number of aromatic nitrogens is 2. The molecule has 0 bridgehead atoms. The molecule has 3 heteroatoms. The summed E-state index contributed by atoms with van der Waals surface area (Å²) in [4.78, 5) is 7.54. The number of hydrogen-bond donors (Lipinski definition) is 1. The Labute approximate surface area is 100 Å². The zero-order chi connectivity index (χ0) is 11.7. The van der Waals surface area contributed by atoms with Crippen LogP contribution in [0.4, 0.5) is 0 Å². The van der Waals surface area contributed by atoms with Crippen molar-refractivity contribution in [3.8, 4) is 11.3 Å². The summed E-state index contributed by atoms with van der Waals surface area (Å²) in [5.74, 6) is 0.855. The van der Waals surface area contributed by atoms with Crippen LogP contribution in [-0.4, -0.2) is 9.97 Å². The number of aryl methyl sites for hydroxylation is 2. The fourth-order valence-corrected chi connectivity index (χ4v) is 2.01. The summed E-state index contributed by atoms with van der Waals surface area (Å²) in [6.45, 7) is 6.03. The van der Waals surface area contributed by atoms with Gasteiger partial charge in [-0.2, -0.15) is 0 Å². The molecule has 0 aliphatic heterocycles. The highest BCUT2D eigenvalue weighted by Gasteiger charge is 2.07. The maximum atomic E-state index is 5.24. The molecule has 0 radical (unpaired) electrons. The third-order valence-electron chi connectivity index (χ3n) is 2.69. The van der Waals surface area contributed by atoms with E-state index in [4.69, 9.17) is 12.2 Å². The molecule has 0 spiro atoms. The molecule has 0 unspecified atom stereocenters. The van der Waals surface area contributed by atoms with Crippen LogP contribution in [0, 0.1) is 25.4 Å². The Bertz CT molecular complexity index is 585. The average molecular weight is 230 g/mol. The average Bonchev–Trinajstić information content (AvgIpc) is 2.24. The highest BCUT2D eigenvalue weighted by Crippen LogP contribution is 2.24. The number of rotatable bonds is 1. The first-order valence-corrected chi connectivity index (χ1v) is 5.64. The minimum Gasteiger partial charge on any atom is -0.343 e. The Balaban J connectivity index is 2.74. The molecular formula is C13H14N2S. The number of nitrogens with one attached hydrogen (secondary N) is 1. The number of hydrogen-bond acceptors (Lipinski definition) is 2. The summed E-state index contributed by atoms with van der Waals surface area (Å²) < 4.78 is 0.675. The van der Waals surface area contributed by atoms with Crippen molar-refractivity contribution in [2.45, 2.75) is 20.8 Å². The van der Waals surface area contributed by atoms with Gasteiger partial charge in [0.25, 0.3) is 0 Å². The van der Waals surface area contributed by atoms with Crippen LogP contribution in [0.25, 0.3) is 11.3 Å². The van der Waals surface area contributed by atoms with Gasteiger partial charge in [-0.3, -0.25) is 0 Å². The van der Waals surface area contributed by atoms with Crippen molar-refractivity contribution < 1.29 is 0 Å². The van der Waals surface area contributed by atoms with E-state index in [0.717, 1.165) is 17.1 Å². The van der Waals surface area contributed by atoms with Crippen LogP contribution in [0.15, 0.2) is 24.3 Å². The summed E-state index contributed by atoms with van der Waals surface area (Å²) in [5.41, 5.74) is 4.55. The van der Waals surface area contributed by atoms with Gasteiger partial charge in [-0.25, -0.2) is 4.98 Å². The molecule has 1 N–H and O–H groups in total. The molecular weight excluding hydrogens is 216 g/mol. The number of aromatic amines is 1. The standard InChI is InChI=1S/C13H14N2S/c1-8-6-4-5-7-11(8)12-9(2)13(16)15-10(3)14-12/h4-7H,1-3H3,(H,14,15,16). The molecule has 16 heavy (non-hydrogen) atoms. The van der Waals surface area contributed by atoms with E-state index < -0.39 is 0 Å². The summed E-state index contributed by atoms with van der Waals surface area (Å²) in [7, 11) is 0. The molecule has 2 rings (SSSR count). The fraction of sp³-hybridized carbons (Fsp3) is 0.231.